The Kier molecular flexibility index (Phi) is 7.54. The molecule has 0 aromatic carbocycles. The molecule has 2 atom stereocenters. The summed E-state index contributed by atoms with van der Waals surface area (Å²) in [7, 11) is 0. The van der Waals surface area contributed by atoms with Crippen molar-refractivity contribution < 1.29 is 9.32 Å². The first kappa shape index (κ1) is 20.5. The summed E-state index contributed by atoms with van der Waals surface area (Å²) in [5.74, 6) is 2.60. The van der Waals surface area contributed by atoms with Gasteiger partial charge in [0.2, 0.25) is 17.6 Å². The van der Waals surface area contributed by atoms with E-state index in [-0.39, 0.29) is 5.91 Å². The molecule has 7 nitrogen and oxygen atoms in total. The lowest BCUT2D eigenvalue weighted by molar-refractivity contribution is -0.121. The lowest BCUT2D eigenvalue weighted by Gasteiger charge is -2.34. The van der Waals surface area contributed by atoms with Gasteiger partial charge in [-0.1, -0.05) is 19.0 Å². The molecular formula is C21H31N5O2. The van der Waals surface area contributed by atoms with E-state index in [1.165, 1.54) is 19.5 Å². The number of carbonyl (C=O) groups excluding carboxylic acids is 1. The van der Waals surface area contributed by atoms with Gasteiger partial charge in [0.25, 0.3) is 0 Å². The molecule has 3 rings (SSSR count). The lowest BCUT2D eigenvalue weighted by Crippen LogP contribution is -2.39. The molecule has 0 bridgehead atoms. The zero-order chi connectivity index (χ0) is 19.8. The Balaban J connectivity index is 1.28. The fourth-order valence-electron chi connectivity index (χ4n) is 3.94. The van der Waals surface area contributed by atoms with E-state index in [4.69, 9.17) is 4.52 Å². The van der Waals surface area contributed by atoms with Crippen LogP contribution in [-0.4, -0.2) is 52.1 Å². The van der Waals surface area contributed by atoms with E-state index >= 15 is 0 Å². The molecule has 0 spiro atoms. The monoisotopic (exact) mass is 385 g/mol. The van der Waals surface area contributed by atoms with Crippen LogP contribution in [0.1, 0.15) is 45.4 Å². The average molecular weight is 386 g/mol. The minimum absolute atomic E-state index is 0.0290. The van der Waals surface area contributed by atoms with Gasteiger partial charge in [-0.25, -0.2) is 0 Å². The summed E-state index contributed by atoms with van der Waals surface area (Å²) in [6, 6.07) is 3.70. The number of pyridine rings is 1. The topological polar surface area (TPSA) is 84.2 Å². The number of hydrogen-bond acceptors (Lipinski definition) is 6. The van der Waals surface area contributed by atoms with Crippen LogP contribution in [-0.2, 0) is 11.2 Å². The third-order valence-corrected chi connectivity index (χ3v) is 5.12. The summed E-state index contributed by atoms with van der Waals surface area (Å²) in [6.45, 7) is 8.95. The highest BCUT2D eigenvalue weighted by Gasteiger charge is 2.20. The number of carbonyl (C=O) groups is 1. The first-order chi connectivity index (χ1) is 13.6. The second-order valence-corrected chi connectivity index (χ2v) is 8.02. The molecule has 2 aromatic heterocycles. The number of piperidine rings is 1. The van der Waals surface area contributed by atoms with Crippen LogP contribution in [0.2, 0.25) is 0 Å². The van der Waals surface area contributed by atoms with Crippen LogP contribution in [0, 0.1) is 11.8 Å². The van der Waals surface area contributed by atoms with Crippen molar-refractivity contribution in [3.63, 3.8) is 0 Å². The summed E-state index contributed by atoms with van der Waals surface area (Å²) < 4.78 is 5.22. The van der Waals surface area contributed by atoms with Crippen molar-refractivity contribution in [1.82, 2.24) is 25.3 Å². The highest BCUT2D eigenvalue weighted by molar-refractivity contribution is 5.75. The van der Waals surface area contributed by atoms with E-state index < -0.39 is 0 Å². The van der Waals surface area contributed by atoms with E-state index in [0.717, 1.165) is 43.3 Å². The maximum absolute atomic E-state index is 12.0. The van der Waals surface area contributed by atoms with Gasteiger partial charge in [0.15, 0.2) is 0 Å². The molecule has 0 aliphatic carbocycles. The van der Waals surface area contributed by atoms with Gasteiger partial charge in [0.05, 0.1) is 0 Å². The van der Waals surface area contributed by atoms with Gasteiger partial charge < -0.3 is 14.7 Å². The molecule has 0 saturated carbocycles. The maximum Gasteiger partial charge on any atom is 0.227 e. The predicted octanol–water partition coefficient (Wildman–Crippen LogP) is 2.94. The predicted molar refractivity (Wildman–Crippen MR) is 107 cm³/mol. The van der Waals surface area contributed by atoms with Gasteiger partial charge in [0.1, 0.15) is 0 Å². The normalized spacial score (nSPS) is 20.2. The minimum atomic E-state index is 0.0290. The van der Waals surface area contributed by atoms with Gasteiger partial charge in [-0.05, 0) is 49.8 Å². The Morgan fingerprint density at radius 1 is 1.29 bits per heavy atom. The zero-order valence-electron chi connectivity index (χ0n) is 16.9. The smallest absolute Gasteiger partial charge is 0.227 e. The van der Waals surface area contributed by atoms with Crippen LogP contribution in [0.15, 0.2) is 29.0 Å². The Labute approximate surface area is 166 Å². The molecule has 0 radical (unpaired) electrons. The molecule has 1 aliphatic rings. The van der Waals surface area contributed by atoms with E-state index in [2.05, 4.69) is 39.2 Å². The van der Waals surface area contributed by atoms with Crippen LogP contribution >= 0.6 is 0 Å². The van der Waals surface area contributed by atoms with Crippen LogP contribution in [0.4, 0.5) is 0 Å². The molecule has 3 heterocycles. The largest absolute Gasteiger partial charge is 0.356 e. The number of hydrogen-bond donors (Lipinski definition) is 1. The zero-order valence-corrected chi connectivity index (χ0v) is 16.9. The SMILES string of the molecule is CC1CC(C)CN(CCCCNC(=O)CCc2nc(-c3cccnc3)no2)C1. The number of aryl methyl sites for hydroxylation is 1. The maximum atomic E-state index is 12.0. The van der Waals surface area contributed by atoms with Crippen LogP contribution < -0.4 is 5.32 Å². The number of rotatable bonds is 9. The minimum Gasteiger partial charge on any atom is -0.356 e. The van der Waals surface area contributed by atoms with Crippen LogP contribution in [0.25, 0.3) is 11.4 Å². The molecule has 2 unspecified atom stereocenters. The molecule has 2 aromatic rings. The lowest BCUT2D eigenvalue weighted by atomic mass is 9.92. The van der Waals surface area contributed by atoms with Gasteiger partial charge in [-0.3, -0.25) is 9.78 Å². The Morgan fingerprint density at radius 2 is 2.11 bits per heavy atom. The van der Waals surface area contributed by atoms with Crippen molar-refractivity contribution >= 4 is 5.91 Å². The fraction of sp³-hybridized carbons (Fsp3) is 0.619. The van der Waals surface area contributed by atoms with Crippen molar-refractivity contribution in [3.05, 3.63) is 30.4 Å². The standard InChI is InChI=1S/C21H31N5O2/c1-16-12-17(2)15-26(14-16)11-4-3-10-23-19(27)7-8-20-24-21(25-28-20)18-6-5-9-22-13-18/h5-6,9,13,16-17H,3-4,7-8,10-12,14-15H2,1-2H3,(H,23,27). The van der Waals surface area contributed by atoms with Gasteiger partial charge in [-0.2, -0.15) is 4.98 Å². The summed E-state index contributed by atoms with van der Waals surface area (Å²) >= 11 is 0. The van der Waals surface area contributed by atoms with Crippen LogP contribution in [0.3, 0.4) is 0 Å². The molecule has 7 heteroatoms. The van der Waals surface area contributed by atoms with Gasteiger partial charge in [0, 0.05) is 50.4 Å². The third-order valence-electron chi connectivity index (χ3n) is 5.12. The van der Waals surface area contributed by atoms with Crippen molar-refractivity contribution in [3.8, 4) is 11.4 Å². The molecule has 1 N–H and O–H groups in total. The van der Waals surface area contributed by atoms with Crippen molar-refractivity contribution in [1.29, 1.82) is 0 Å². The molecule has 1 aliphatic heterocycles. The molecule has 1 saturated heterocycles. The Morgan fingerprint density at radius 3 is 2.86 bits per heavy atom. The second kappa shape index (κ2) is 10.3. The van der Waals surface area contributed by atoms with E-state index in [0.29, 0.717) is 24.6 Å². The molecule has 28 heavy (non-hydrogen) atoms. The van der Waals surface area contributed by atoms with Gasteiger partial charge >= 0.3 is 0 Å². The van der Waals surface area contributed by atoms with E-state index in [1.54, 1.807) is 12.4 Å². The number of unbranched alkanes of at least 4 members (excludes halogenated alkanes) is 1. The molecule has 152 valence electrons. The number of aromatic nitrogens is 3. The first-order valence-electron chi connectivity index (χ1n) is 10.3. The molecular weight excluding hydrogens is 354 g/mol. The number of nitrogens with zero attached hydrogens (tertiary/aromatic N) is 4. The Hall–Kier alpha value is -2.28. The molecule has 1 fully saturated rings. The average Bonchev–Trinajstić information content (AvgIpc) is 3.15. The number of nitrogens with one attached hydrogen (secondary N) is 1. The van der Waals surface area contributed by atoms with E-state index in [9.17, 15) is 4.79 Å². The second-order valence-electron chi connectivity index (χ2n) is 8.02. The summed E-state index contributed by atoms with van der Waals surface area (Å²) in [5, 5.41) is 6.93. The molecule has 1 amide bonds. The Bertz CT molecular complexity index is 723. The summed E-state index contributed by atoms with van der Waals surface area (Å²) in [4.78, 5) is 23.0. The number of amides is 1. The van der Waals surface area contributed by atoms with Crippen molar-refractivity contribution in [2.75, 3.05) is 26.2 Å². The summed E-state index contributed by atoms with van der Waals surface area (Å²) in [5.41, 5.74) is 0.805. The highest BCUT2D eigenvalue weighted by Crippen LogP contribution is 2.21. The van der Waals surface area contributed by atoms with Gasteiger partial charge in [-0.15, -0.1) is 0 Å². The third kappa shape index (κ3) is 6.41. The van der Waals surface area contributed by atoms with Crippen molar-refractivity contribution in [2.45, 2.75) is 46.0 Å². The quantitative estimate of drug-likeness (QED) is 0.668. The highest BCUT2D eigenvalue weighted by atomic mass is 16.5. The van der Waals surface area contributed by atoms with Crippen LogP contribution in [0.5, 0.6) is 0 Å². The van der Waals surface area contributed by atoms with E-state index in [1.807, 2.05) is 12.1 Å². The van der Waals surface area contributed by atoms with Crippen molar-refractivity contribution in [2.24, 2.45) is 11.8 Å². The first-order valence-corrected chi connectivity index (χ1v) is 10.3. The number of likely N-dealkylation sites (tertiary alicyclic amines) is 1. The summed E-state index contributed by atoms with van der Waals surface area (Å²) in [6.07, 6.45) is 7.67. The fourth-order valence-corrected chi connectivity index (χ4v) is 3.94.